The topological polar surface area (TPSA) is 91.9 Å². The number of amidine groups is 1. The van der Waals surface area contributed by atoms with Crippen molar-refractivity contribution in [3.63, 3.8) is 0 Å². The van der Waals surface area contributed by atoms with Crippen molar-refractivity contribution in [2.24, 2.45) is 5.73 Å². The first kappa shape index (κ1) is 11.9. The van der Waals surface area contributed by atoms with Gasteiger partial charge in [-0.05, 0) is 18.9 Å². The molecule has 0 bridgehead atoms. The predicted molar refractivity (Wildman–Crippen MR) is 67.1 cm³/mol. The second kappa shape index (κ2) is 5.18. The van der Waals surface area contributed by atoms with Gasteiger partial charge in [-0.25, -0.2) is 0 Å². The Balaban J connectivity index is 1.93. The fraction of sp³-hybridized carbons (Fsp3) is 0.364. The lowest BCUT2D eigenvalue weighted by Gasteiger charge is -2.07. The zero-order chi connectivity index (χ0) is 12.3. The van der Waals surface area contributed by atoms with Crippen LogP contribution in [0.25, 0.3) is 0 Å². The molecule has 90 valence electrons. The molecule has 4 N–H and O–H groups in total. The number of aromatic nitrogens is 1. The van der Waals surface area contributed by atoms with Gasteiger partial charge in [0.1, 0.15) is 5.84 Å². The molecule has 1 aromatic heterocycles. The minimum Gasteiger partial charge on any atom is -0.384 e. The molecule has 1 aromatic rings. The van der Waals surface area contributed by atoms with Gasteiger partial charge in [-0.3, -0.25) is 15.2 Å². The molecule has 1 amide bonds. The Morgan fingerprint density at radius 2 is 2.41 bits per heavy atom. The molecule has 6 heteroatoms. The highest BCUT2D eigenvalue weighted by Crippen LogP contribution is 2.22. The fourth-order valence-corrected chi connectivity index (χ4v) is 2.20. The lowest BCUT2D eigenvalue weighted by atomic mass is 10.2. The second-order valence-electron chi connectivity index (χ2n) is 3.92. The van der Waals surface area contributed by atoms with Gasteiger partial charge in [-0.1, -0.05) is 0 Å². The Morgan fingerprint density at radius 1 is 1.65 bits per heavy atom. The lowest BCUT2D eigenvalue weighted by Crippen LogP contribution is -2.27. The van der Waals surface area contributed by atoms with Crippen LogP contribution in [0.3, 0.4) is 0 Å². The van der Waals surface area contributed by atoms with Gasteiger partial charge in [0.2, 0.25) is 5.91 Å². The minimum absolute atomic E-state index is 0.00231. The van der Waals surface area contributed by atoms with Gasteiger partial charge in [0.15, 0.2) is 0 Å². The first-order chi connectivity index (χ1) is 8.16. The Kier molecular flexibility index (Phi) is 3.63. The third kappa shape index (κ3) is 3.45. The van der Waals surface area contributed by atoms with E-state index in [9.17, 15) is 4.79 Å². The van der Waals surface area contributed by atoms with Gasteiger partial charge in [0.05, 0.1) is 5.75 Å². The molecule has 1 aliphatic carbocycles. The number of carbonyl (C=O) groups is 1. The van der Waals surface area contributed by atoms with Crippen LogP contribution in [0.15, 0.2) is 23.4 Å². The molecule has 0 aliphatic heterocycles. The van der Waals surface area contributed by atoms with Crippen molar-refractivity contribution in [1.29, 1.82) is 5.41 Å². The van der Waals surface area contributed by atoms with Crippen LogP contribution in [-0.4, -0.2) is 28.5 Å². The van der Waals surface area contributed by atoms with Crippen LogP contribution in [0.5, 0.6) is 0 Å². The van der Waals surface area contributed by atoms with E-state index < -0.39 is 0 Å². The molecule has 17 heavy (non-hydrogen) atoms. The number of rotatable bonds is 5. The highest BCUT2D eigenvalue weighted by molar-refractivity contribution is 8.00. The summed E-state index contributed by atoms with van der Waals surface area (Å²) in [6.07, 6.45) is 5.39. The molecular formula is C11H14N4OS. The van der Waals surface area contributed by atoms with Crippen LogP contribution in [0.2, 0.25) is 0 Å². The molecule has 1 saturated carbocycles. The lowest BCUT2D eigenvalue weighted by molar-refractivity contribution is -0.118. The highest BCUT2D eigenvalue weighted by atomic mass is 32.2. The summed E-state index contributed by atoms with van der Waals surface area (Å²) in [6.45, 7) is 0. The van der Waals surface area contributed by atoms with E-state index in [0.29, 0.717) is 17.4 Å². The predicted octanol–water partition coefficient (Wildman–Crippen LogP) is 0.736. The summed E-state index contributed by atoms with van der Waals surface area (Å²) in [5.41, 5.74) is 6.08. The van der Waals surface area contributed by atoms with E-state index in [2.05, 4.69) is 10.3 Å². The molecule has 1 heterocycles. The standard InChI is InChI=1S/C11H14N4OS/c12-11(13)8-3-4-14-5-9(8)17-6-10(16)15-7-1-2-7/h3-5,7H,1-2,6H2,(H3,12,13)(H,15,16). The van der Waals surface area contributed by atoms with Gasteiger partial charge in [-0.2, -0.15) is 0 Å². The third-order valence-electron chi connectivity index (χ3n) is 2.38. The van der Waals surface area contributed by atoms with Crippen LogP contribution < -0.4 is 11.1 Å². The number of nitrogen functional groups attached to an aromatic ring is 1. The van der Waals surface area contributed by atoms with E-state index in [1.807, 2.05) is 0 Å². The smallest absolute Gasteiger partial charge is 0.230 e. The number of carbonyl (C=O) groups excluding carboxylic acids is 1. The van der Waals surface area contributed by atoms with Crippen molar-refractivity contribution in [1.82, 2.24) is 10.3 Å². The molecule has 1 aliphatic rings. The largest absolute Gasteiger partial charge is 0.384 e. The normalized spacial score (nSPS) is 14.4. The zero-order valence-electron chi connectivity index (χ0n) is 9.27. The van der Waals surface area contributed by atoms with E-state index in [4.69, 9.17) is 11.1 Å². The van der Waals surface area contributed by atoms with Crippen molar-refractivity contribution in [2.45, 2.75) is 23.8 Å². The maximum Gasteiger partial charge on any atom is 0.230 e. The molecular weight excluding hydrogens is 236 g/mol. The van der Waals surface area contributed by atoms with Crippen LogP contribution in [0.4, 0.5) is 0 Å². The summed E-state index contributed by atoms with van der Waals surface area (Å²) in [7, 11) is 0. The molecule has 0 unspecified atom stereocenters. The summed E-state index contributed by atoms with van der Waals surface area (Å²) in [4.78, 5) is 16.3. The van der Waals surface area contributed by atoms with Gasteiger partial charge in [-0.15, -0.1) is 11.8 Å². The van der Waals surface area contributed by atoms with Gasteiger partial charge >= 0.3 is 0 Å². The van der Waals surface area contributed by atoms with E-state index >= 15 is 0 Å². The quantitative estimate of drug-likeness (QED) is 0.408. The first-order valence-electron chi connectivity index (χ1n) is 5.37. The summed E-state index contributed by atoms with van der Waals surface area (Å²) in [6, 6.07) is 2.06. The Hall–Kier alpha value is -1.56. The Bertz CT molecular complexity index is 445. The number of thioether (sulfide) groups is 1. The maximum absolute atomic E-state index is 11.5. The maximum atomic E-state index is 11.5. The van der Waals surface area contributed by atoms with E-state index in [1.165, 1.54) is 11.8 Å². The highest BCUT2D eigenvalue weighted by Gasteiger charge is 2.23. The van der Waals surface area contributed by atoms with Crippen molar-refractivity contribution < 1.29 is 4.79 Å². The fourth-order valence-electron chi connectivity index (χ4n) is 1.36. The van der Waals surface area contributed by atoms with Gasteiger partial charge in [0.25, 0.3) is 0 Å². The molecule has 5 nitrogen and oxygen atoms in total. The second-order valence-corrected chi connectivity index (χ2v) is 4.93. The summed E-state index contributed by atoms with van der Waals surface area (Å²) < 4.78 is 0. The average Bonchev–Trinajstić information content (AvgIpc) is 3.10. The van der Waals surface area contributed by atoms with Crippen LogP contribution in [-0.2, 0) is 4.79 Å². The number of nitrogens with two attached hydrogens (primary N) is 1. The molecule has 0 saturated heterocycles. The third-order valence-corrected chi connectivity index (χ3v) is 3.42. The van der Waals surface area contributed by atoms with Crippen molar-refractivity contribution in [2.75, 3.05) is 5.75 Å². The van der Waals surface area contributed by atoms with E-state index in [1.54, 1.807) is 18.5 Å². The van der Waals surface area contributed by atoms with E-state index in [0.717, 1.165) is 17.7 Å². The minimum atomic E-state index is -0.00231. The van der Waals surface area contributed by atoms with Gasteiger partial charge < -0.3 is 11.1 Å². The van der Waals surface area contributed by atoms with Gasteiger partial charge in [0, 0.05) is 28.9 Å². The number of hydrogen-bond donors (Lipinski definition) is 3. The Labute approximate surface area is 104 Å². The SMILES string of the molecule is N=C(N)c1ccncc1SCC(=O)NC1CC1. The molecule has 0 aromatic carbocycles. The molecule has 0 radical (unpaired) electrons. The molecule has 0 atom stereocenters. The first-order valence-corrected chi connectivity index (χ1v) is 6.36. The Morgan fingerprint density at radius 3 is 3.06 bits per heavy atom. The summed E-state index contributed by atoms with van der Waals surface area (Å²) in [5, 5.41) is 10.3. The van der Waals surface area contributed by atoms with Crippen LogP contribution in [0, 0.1) is 5.41 Å². The number of nitrogens with zero attached hydrogens (tertiary/aromatic N) is 1. The van der Waals surface area contributed by atoms with E-state index in [-0.39, 0.29) is 11.7 Å². The average molecular weight is 250 g/mol. The number of hydrogen-bond acceptors (Lipinski definition) is 4. The molecule has 1 fully saturated rings. The monoisotopic (exact) mass is 250 g/mol. The zero-order valence-corrected chi connectivity index (χ0v) is 10.1. The molecule has 0 spiro atoms. The number of nitrogens with one attached hydrogen (secondary N) is 2. The van der Waals surface area contributed by atoms with Crippen molar-refractivity contribution >= 4 is 23.5 Å². The van der Waals surface area contributed by atoms with Crippen LogP contribution >= 0.6 is 11.8 Å². The van der Waals surface area contributed by atoms with Crippen molar-refractivity contribution in [3.8, 4) is 0 Å². The summed E-state index contributed by atoms with van der Waals surface area (Å²) >= 11 is 1.36. The molecule has 2 rings (SSSR count). The summed E-state index contributed by atoms with van der Waals surface area (Å²) in [5.74, 6) is 0.357. The number of amides is 1. The van der Waals surface area contributed by atoms with Crippen LogP contribution in [0.1, 0.15) is 18.4 Å². The number of pyridine rings is 1. The van der Waals surface area contributed by atoms with Crippen molar-refractivity contribution in [3.05, 3.63) is 24.0 Å².